The van der Waals surface area contributed by atoms with Crippen molar-refractivity contribution < 1.29 is 9.47 Å². The summed E-state index contributed by atoms with van der Waals surface area (Å²) in [5.74, 6) is 1.29. The molecule has 0 fully saturated rings. The van der Waals surface area contributed by atoms with Gasteiger partial charge in [0.25, 0.3) is 0 Å². The normalized spacial score (nSPS) is 10.3. The zero-order chi connectivity index (χ0) is 14.4. The molecule has 2 aromatic rings. The van der Waals surface area contributed by atoms with Crippen LogP contribution < -0.4 is 15.2 Å². The Morgan fingerprint density at radius 2 is 1.85 bits per heavy atom. The van der Waals surface area contributed by atoms with Gasteiger partial charge in [0.2, 0.25) is 0 Å². The molecule has 0 spiro atoms. The van der Waals surface area contributed by atoms with Crippen molar-refractivity contribution in [1.29, 1.82) is 0 Å². The topological polar surface area (TPSA) is 70.3 Å². The van der Waals surface area contributed by atoms with Crippen molar-refractivity contribution in [3.8, 4) is 17.5 Å². The molecule has 20 heavy (non-hydrogen) atoms. The number of methoxy groups -OCH3 is 1. The Kier molecular flexibility index (Phi) is 4.90. The van der Waals surface area contributed by atoms with Crippen LogP contribution in [-0.2, 0) is 12.8 Å². The van der Waals surface area contributed by atoms with E-state index in [1.165, 1.54) is 5.56 Å². The Balaban J connectivity index is 2.16. The van der Waals surface area contributed by atoms with Gasteiger partial charge in [-0.05, 0) is 42.6 Å². The Morgan fingerprint density at radius 3 is 2.45 bits per heavy atom. The maximum Gasteiger partial charge on any atom is 0.322 e. The summed E-state index contributed by atoms with van der Waals surface area (Å²) in [6.45, 7) is 2.67. The lowest BCUT2D eigenvalue weighted by molar-refractivity contribution is 0.367. The van der Waals surface area contributed by atoms with Gasteiger partial charge in [-0.25, -0.2) is 9.97 Å². The first-order chi connectivity index (χ1) is 9.76. The quantitative estimate of drug-likeness (QED) is 0.874. The summed E-state index contributed by atoms with van der Waals surface area (Å²) in [5.41, 5.74) is 7.67. The Labute approximate surface area is 118 Å². The fourth-order valence-electron chi connectivity index (χ4n) is 1.81. The minimum Gasteiger partial charge on any atom is -0.493 e. The van der Waals surface area contributed by atoms with Gasteiger partial charge in [-0.2, -0.15) is 0 Å². The first kappa shape index (κ1) is 14.3. The van der Waals surface area contributed by atoms with Crippen molar-refractivity contribution in [2.24, 2.45) is 5.73 Å². The van der Waals surface area contributed by atoms with Crippen molar-refractivity contribution in [1.82, 2.24) is 9.97 Å². The number of nitrogens with zero attached hydrogens (tertiary/aromatic N) is 2. The van der Waals surface area contributed by atoms with Crippen LogP contribution in [0.25, 0.3) is 0 Å². The number of aromatic nitrogens is 2. The predicted octanol–water partition coefficient (Wildman–Crippen LogP) is 2.34. The van der Waals surface area contributed by atoms with Gasteiger partial charge in [-0.1, -0.05) is 13.0 Å². The van der Waals surface area contributed by atoms with Gasteiger partial charge in [-0.3, -0.25) is 0 Å². The molecule has 0 amide bonds. The number of ether oxygens (including phenoxy) is 2. The molecule has 0 radical (unpaired) electrons. The van der Waals surface area contributed by atoms with E-state index >= 15 is 0 Å². The molecule has 2 rings (SSSR count). The Bertz CT molecular complexity index is 556. The molecule has 0 aliphatic rings. The molecule has 0 atom stereocenters. The van der Waals surface area contributed by atoms with Gasteiger partial charge >= 0.3 is 6.01 Å². The number of benzene rings is 1. The molecule has 1 aromatic carbocycles. The molecule has 0 bridgehead atoms. The average molecular weight is 273 g/mol. The lowest BCUT2D eigenvalue weighted by atomic mass is 10.1. The van der Waals surface area contributed by atoms with E-state index in [0.717, 1.165) is 18.4 Å². The SMILES string of the molecule is CCc1ccc(Oc2ncc(CCN)cn2)c(OC)c1. The van der Waals surface area contributed by atoms with Crippen LogP contribution in [0.2, 0.25) is 0 Å². The highest BCUT2D eigenvalue weighted by Crippen LogP contribution is 2.31. The fourth-order valence-corrected chi connectivity index (χ4v) is 1.81. The number of hydrogen-bond donors (Lipinski definition) is 1. The maximum absolute atomic E-state index is 5.65. The standard InChI is InChI=1S/C15H19N3O2/c1-3-11-4-5-13(14(8-11)19-2)20-15-17-9-12(6-7-16)10-18-15/h4-5,8-10H,3,6-7,16H2,1-2H3. The van der Waals surface area contributed by atoms with E-state index in [1.807, 2.05) is 18.2 Å². The Morgan fingerprint density at radius 1 is 1.10 bits per heavy atom. The van der Waals surface area contributed by atoms with E-state index in [-0.39, 0.29) is 0 Å². The van der Waals surface area contributed by atoms with Gasteiger partial charge in [-0.15, -0.1) is 0 Å². The summed E-state index contributed by atoms with van der Waals surface area (Å²) < 4.78 is 11.0. The summed E-state index contributed by atoms with van der Waals surface area (Å²) >= 11 is 0. The molecule has 0 saturated heterocycles. The summed E-state index contributed by atoms with van der Waals surface area (Å²) in [4.78, 5) is 8.33. The molecule has 5 heteroatoms. The van der Waals surface area contributed by atoms with Crippen LogP contribution in [-0.4, -0.2) is 23.6 Å². The van der Waals surface area contributed by atoms with Gasteiger partial charge in [0.05, 0.1) is 7.11 Å². The van der Waals surface area contributed by atoms with E-state index in [9.17, 15) is 0 Å². The van der Waals surface area contributed by atoms with Crippen molar-refractivity contribution >= 4 is 0 Å². The molecule has 1 heterocycles. The molecule has 0 aliphatic heterocycles. The summed E-state index contributed by atoms with van der Waals surface area (Å²) in [6.07, 6.45) is 5.15. The van der Waals surface area contributed by atoms with Crippen LogP contribution in [0, 0.1) is 0 Å². The average Bonchev–Trinajstić information content (AvgIpc) is 2.50. The van der Waals surface area contributed by atoms with E-state index < -0.39 is 0 Å². The van der Waals surface area contributed by atoms with Crippen LogP contribution in [0.15, 0.2) is 30.6 Å². The number of hydrogen-bond acceptors (Lipinski definition) is 5. The van der Waals surface area contributed by atoms with Gasteiger partial charge in [0, 0.05) is 12.4 Å². The van der Waals surface area contributed by atoms with Crippen molar-refractivity contribution in [3.05, 3.63) is 41.7 Å². The van der Waals surface area contributed by atoms with Crippen LogP contribution in [0.3, 0.4) is 0 Å². The maximum atomic E-state index is 5.65. The van der Waals surface area contributed by atoms with E-state index in [0.29, 0.717) is 24.1 Å². The van der Waals surface area contributed by atoms with Crippen LogP contribution >= 0.6 is 0 Å². The zero-order valence-electron chi connectivity index (χ0n) is 11.8. The van der Waals surface area contributed by atoms with Gasteiger partial charge in [0.15, 0.2) is 11.5 Å². The number of rotatable bonds is 6. The first-order valence-electron chi connectivity index (χ1n) is 6.62. The molecular formula is C15H19N3O2. The molecule has 0 saturated carbocycles. The molecule has 1 aromatic heterocycles. The van der Waals surface area contributed by atoms with Gasteiger partial charge in [0.1, 0.15) is 0 Å². The molecular weight excluding hydrogens is 254 g/mol. The second-order valence-corrected chi connectivity index (χ2v) is 4.35. The molecule has 0 aliphatic carbocycles. The van der Waals surface area contributed by atoms with Crippen molar-refractivity contribution in [3.63, 3.8) is 0 Å². The Hall–Kier alpha value is -2.14. The fraction of sp³-hybridized carbons (Fsp3) is 0.333. The van der Waals surface area contributed by atoms with Crippen LogP contribution in [0.1, 0.15) is 18.1 Å². The molecule has 106 valence electrons. The third kappa shape index (κ3) is 3.45. The van der Waals surface area contributed by atoms with Crippen molar-refractivity contribution in [2.75, 3.05) is 13.7 Å². The third-order valence-corrected chi connectivity index (χ3v) is 2.95. The summed E-state index contributed by atoms with van der Waals surface area (Å²) in [7, 11) is 1.62. The summed E-state index contributed by atoms with van der Waals surface area (Å²) in [6, 6.07) is 6.13. The highest BCUT2D eigenvalue weighted by atomic mass is 16.5. The van der Waals surface area contributed by atoms with E-state index in [1.54, 1.807) is 19.5 Å². The van der Waals surface area contributed by atoms with Gasteiger partial charge < -0.3 is 15.2 Å². The minimum atomic E-state index is 0.299. The lowest BCUT2D eigenvalue weighted by Gasteiger charge is -2.10. The first-order valence-corrected chi connectivity index (χ1v) is 6.62. The number of aryl methyl sites for hydroxylation is 1. The monoisotopic (exact) mass is 273 g/mol. The summed E-state index contributed by atoms with van der Waals surface area (Å²) in [5, 5.41) is 0. The molecule has 0 unspecified atom stereocenters. The molecule has 2 N–H and O–H groups in total. The lowest BCUT2D eigenvalue weighted by Crippen LogP contribution is -2.04. The second-order valence-electron chi connectivity index (χ2n) is 4.35. The third-order valence-electron chi connectivity index (χ3n) is 2.95. The smallest absolute Gasteiger partial charge is 0.322 e. The van der Waals surface area contributed by atoms with Crippen LogP contribution in [0.4, 0.5) is 0 Å². The highest BCUT2D eigenvalue weighted by molar-refractivity contribution is 5.44. The van der Waals surface area contributed by atoms with E-state index in [4.69, 9.17) is 15.2 Å². The number of nitrogens with two attached hydrogens (primary N) is 1. The van der Waals surface area contributed by atoms with E-state index in [2.05, 4.69) is 16.9 Å². The van der Waals surface area contributed by atoms with Crippen molar-refractivity contribution in [2.45, 2.75) is 19.8 Å². The minimum absolute atomic E-state index is 0.299. The highest BCUT2D eigenvalue weighted by Gasteiger charge is 2.08. The zero-order valence-corrected chi connectivity index (χ0v) is 11.8. The van der Waals surface area contributed by atoms with Crippen LogP contribution in [0.5, 0.6) is 17.5 Å². The second kappa shape index (κ2) is 6.86. The predicted molar refractivity (Wildman–Crippen MR) is 77.2 cm³/mol. The molecule has 5 nitrogen and oxygen atoms in total. The largest absolute Gasteiger partial charge is 0.493 e.